The lowest BCUT2D eigenvalue weighted by molar-refractivity contribution is -0.162. The highest BCUT2D eigenvalue weighted by Gasteiger charge is 2.42. The Balaban J connectivity index is 2.36. The van der Waals surface area contributed by atoms with Crippen molar-refractivity contribution in [1.29, 1.82) is 0 Å². The van der Waals surface area contributed by atoms with Crippen LogP contribution in [0.2, 0.25) is 0 Å². The van der Waals surface area contributed by atoms with Gasteiger partial charge in [0.25, 0.3) is 0 Å². The topological polar surface area (TPSA) is 103 Å². The first-order valence-corrected chi connectivity index (χ1v) is 14.2. The number of nitrogens with one attached hydrogen (secondary N) is 2. The molecule has 2 aromatic carbocycles. The molecule has 0 aliphatic rings. The average molecular weight is 577 g/mol. The van der Waals surface area contributed by atoms with Crippen molar-refractivity contribution in [2.75, 3.05) is 18.6 Å². The largest absolute Gasteiger partial charge is 0.467 e. The van der Waals surface area contributed by atoms with E-state index in [1.165, 1.54) is 31.0 Å². The third-order valence-electron chi connectivity index (χ3n) is 5.49. The zero-order valence-corrected chi connectivity index (χ0v) is 25.2. The number of benzene rings is 2. The average Bonchev–Trinajstić information content (AvgIpc) is 2.86. The Morgan fingerprint density at radius 3 is 2.02 bits per heavy atom. The number of carbonyl (C=O) groups is 3. The Kier molecular flexibility index (Phi) is 12.0. The maximum atomic E-state index is 13.8. The summed E-state index contributed by atoms with van der Waals surface area (Å²) < 4.78 is 29.7. The first-order valence-electron chi connectivity index (χ1n) is 13.0. The van der Waals surface area contributed by atoms with E-state index < -0.39 is 40.8 Å². The van der Waals surface area contributed by atoms with Gasteiger partial charge in [0.15, 0.2) is 0 Å². The van der Waals surface area contributed by atoms with Gasteiger partial charge >= 0.3 is 18.0 Å². The molecule has 220 valence electrons. The van der Waals surface area contributed by atoms with Crippen LogP contribution in [0.4, 0.5) is 9.18 Å². The fraction of sp³-hybridized carbons (Fsp3) is 0.500. The van der Waals surface area contributed by atoms with E-state index >= 15 is 0 Å². The Hall–Kier alpha value is -3.11. The van der Waals surface area contributed by atoms with E-state index in [1.807, 2.05) is 30.3 Å². The van der Waals surface area contributed by atoms with Crippen molar-refractivity contribution in [3.8, 4) is 0 Å². The predicted octanol–water partition coefficient (Wildman–Crippen LogP) is 5.04. The van der Waals surface area contributed by atoms with E-state index in [9.17, 15) is 18.8 Å². The van der Waals surface area contributed by atoms with Crippen LogP contribution in [-0.4, -0.2) is 59.4 Å². The molecule has 2 aromatic rings. The van der Waals surface area contributed by atoms with Crippen LogP contribution in [0.25, 0.3) is 0 Å². The maximum absolute atomic E-state index is 13.8. The maximum Gasteiger partial charge on any atom is 0.408 e. The Labute approximate surface area is 240 Å². The van der Waals surface area contributed by atoms with Gasteiger partial charge in [-0.3, -0.25) is 5.32 Å². The number of amides is 1. The fourth-order valence-corrected chi connectivity index (χ4v) is 4.92. The number of esters is 2. The number of hydrogen-bond acceptors (Lipinski definition) is 8. The molecule has 0 aliphatic heterocycles. The molecule has 2 rings (SSSR count). The van der Waals surface area contributed by atoms with Gasteiger partial charge in [0.05, 0.1) is 7.11 Å². The molecular formula is C30H41FN2O6S. The molecule has 0 aromatic heterocycles. The van der Waals surface area contributed by atoms with E-state index in [2.05, 4.69) is 10.6 Å². The number of alkyl carbamates (subject to hydrolysis) is 1. The van der Waals surface area contributed by atoms with Gasteiger partial charge in [-0.05, 0) is 64.8 Å². The minimum absolute atomic E-state index is 0.104. The third kappa shape index (κ3) is 11.6. The summed E-state index contributed by atoms with van der Waals surface area (Å²) in [6, 6.07) is 14.5. The molecule has 0 spiro atoms. The summed E-state index contributed by atoms with van der Waals surface area (Å²) in [5.74, 6) is -1.23. The van der Waals surface area contributed by atoms with Crippen molar-refractivity contribution in [1.82, 2.24) is 10.6 Å². The first-order chi connectivity index (χ1) is 18.6. The summed E-state index contributed by atoms with van der Waals surface area (Å²) in [5.41, 5.74) is -1.08. The van der Waals surface area contributed by atoms with Gasteiger partial charge in [0.1, 0.15) is 28.6 Å². The van der Waals surface area contributed by atoms with Crippen LogP contribution >= 0.6 is 11.8 Å². The summed E-state index contributed by atoms with van der Waals surface area (Å²) in [6.07, 6.45) is -0.555. The van der Waals surface area contributed by atoms with Crippen molar-refractivity contribution >= 4 is 29.8 Å². The molecule has 2 N–H and O–H groups in total. The Morgan fingerprint density at radius 2 is 1.48 bits per heavy atom. The van der Waals surface area contributed by atoms with Crippen molar-refractivity contribution < 1.29 is 33.0 Å². The molecule has 0 bridgehead atoms. The summed E-state index contributed by atoms with van der Waals surface area (Å²) in [6.45, 7) is 10.9. The number of carbonyl (C=O) groups excluding carboxylic acids is 3. The number of rotatable bonds is 12. The molecule has 0 saturated carbocycles. The standard InChI is InChI=1S/C30H41FN2O6S/c1-28(2,3)38-26(35)30(17-21-13-15-23(31)16-14-21,32-18-22-11-9-8-10-12-22)20-40-19-24(25(34)37-7)33-27(36)39-29(4,5)6/h8-16,24,32H,17-20H2,1-7H3,(H,33,36)/t24-,30?/m0/s1. The van der Waals surface area contributed by atoms with Crippen molar-refractivity contribution in [3.05, 3.63) is 71.5 Å². The lowest BCUT2D eigenvalue weighted by Gasteiger charge is -2.36. The summed E-state index contributed by atoms with van der Waals surface area (Å²) in [5, 5.41) is 5.96. The molecule has 0 aliphatic carbocycles. The van der Waals surface area contributed by atoms with Crippen LogP contribution in [0.15, 0.2) is 54.6 Å². The van der Waals surface area contributed by atoms with Crippen LogP contribution in [0.3, 0.4) is 0 Å². The van der Waals surface area contributed by atoms with Crippen LogP contribution < -0.4 is 10.6 Å². The molecule has 0 radical (unpaired) electrons. The second-order valence-corrected chi connectivity index (χ2v) is 12.5. The van der Waals surface area contributed by atoms with E-state index in [4.69, 9.17) is 14.2 Å². The number of hydrogen-bond donors (Lipinski definition) is 2. The van der Waals surface area contributed by atoms with Crippen LogP contribution in [0.1, 0.15) is 52.7 Å². The molecule has 1 amide bonds. The quantitative estimate of drug-likeness (QED) is 0.268. The molecule has 1 unspecified atom stereocenters. The Bertz CT molecular complexity index is 1120. The summed E-state index contributed by atoms with van der Waals surface area (Å²) in [7, 11) is 1.23. The molecule has 0 saturated heterocycles. The van der Waals surface area contributed by atoms with Crippen LogP contribution in [0, 0.1) is 5.82 Å². The minimum atomic E-state index is -1.25. The predicted molar refractivity (Wildman–Crippen MR) is 154 cm³/mol. The minimum Gasteiger partial charge on any atom is -0.467 e. The van der Waals surface area contributed by atoms with E-state index in [0.717, 1.165) is 11.1 Å². The van der Waals surface area contributed by atoms with Crippen molar-refractivity contribution in [3.63, 3.8) is 0 Å². The molecule has 0 fully saturated rings. The second-order valence-electron chi connectivity index (χ2n) is 11.5. The molecule has 8 nitrogen and oxygen atoms in total. The van der Waals surface area contributed by atoms with Gasteiger partial charge in [-0.2, -0.15) is 11.8 Å². The molecule has 0 heterocycles. The molecule has 2 atom stereocenters. The van der Waals surface area contributed by atoms with Gasteiger partial charge < -0.3 is 19.5 Å². The van der Waals surface area contributed by atoms with Crippen molar-refractivity contribution in [2.45, 2.75) is 77.3 Å². The molecule has 10 heteroatoms. The second kappa shape index (κ2) is 14.5. The van der Waals surface area contributed by atoms with Gasteiger partial charge in [0, 0.05) is 24.5 Å². The fourth-order valence-electron chi connectivity index (χ4n) is 3.67. The smallest absolute Gasteiger partial charge is 0.408 e. The number of thioether (sulfide) groups is 1. The molecular weight excluding hydrogens is 535 g/mol. The number of halogens is 1. The van der Waals surface area contributed by atoms with Gasteiger partial charge in [-0.1, -0.05) is 42.5 Å². The summed E-state index contributed by atoms with van der Waals surface area (Å²) in [4.78, 5) is 38.7. The van der Waals surface area contributed by atoms with E-state index in [1.54, 1.807) is 53.7 Å². The lowest BCUT2D eigenvalue weighted by atomic mass is 9.91. The first kappa shape index (κ1) is 33.1. The molecule has 40 heavy (non-hydrogen) atoms. The summed E-state index contributed by atoms with van der Waals surface area (Å²) >= 11 is 1.28. The lowest BCUT2D eigenvalue weighted by Crippen LogP contribution is -2.58. The van der Waals surface area contributed by atoms with Gasteiger partial charge in [0.2, 0.25) is 0 Å². The highest BCUT2D eigenvalue weighted by molar-refractivity contribution is 7.99. The highest BCUT2D eigenvalue weighted by atomic mass is 32.2. The van der Waals surface area contributed by atoms with Crippen molar-refractivity contribution in [2.24, 2.45) is 0 Å². The van der Waals surface area contributed by atoms with Crippen LogP contribution in [0.5, 0.6) is 0 Å². The zero-order valence-electron chi connectivity index (χ0n) is 24.3. The monoisotopic (exact) mass is 576 g/mol. The third-order valence-corrected chi connectivity index (χ3v) is 6.76. The zero-order chi connectivity index (χ0) is 30.0. The van der Waals surface area contributed by atoms with E-state index in [-0.39, 0.29) is 23.7 Å². The SMILES string of the molecule is COC(=O)[C@H](CSCC(Cc1ccc(F)cc1)(NCc1ccccc1)C(=O)OC(C)(C)C)NC(=O)OC(C)(C)C. The van der Waals surface area contributed by atoms with Gasteiger partial charge in [-0.25, -0.2) is 18.8 Å². The normalized spacial score (nSPS) is 14.0. The number of methoxy groups -OCH3 is 1. The Morgan fingerprint density at radius 1 is 0.875 bits per heavy atom. The number of ether oxygens (including phenoxy) is 3. The highest BCUT2D eigenvalue weighted by Crippen LogP contribution is 2.26. The van der Waals surface area contributed by atoms with E-state index in [0.29, 0.717) is 6.54 Å². The van der Waals surface area contributed by atoms with Gasteiger partial charge in [-0.15, -0.1) is 0 Å². The van der Waals surface area contributed by atoms with Crippen LogP contribution in [-0.2, 0) is 36.8 Å².